The second-order valence-electron chi connectivity index (χ2n) is 20.6. The Hall–Kier alpha value is -7.08. The summed E-state index contributed by atoms with van der Waals surface area (Å²) in [6.45, 7) is 15.2. The second kappa shape index (κ2) is 16.3. The van der Waals surface area contributed by atoms with Crippen molar-refractivity contribution < 1.29 is 20.6 Å². The van der Waals surface area contributed by atoms with E-state index in [-0.39, 0.29) is 33.1 Å². The molecule has 0 bridgehead atoms. The lowest BCUT2D eigenvalue weighted by Gasteiger charge is -2.46. The van der Waals surface area contributed by atoms with Crippen LogP contribution in [0.4, 0.5) is 51.2 Å². The summed E-state index contributed by atoms with van der Waals surface area (Å²) in [6.07, 6.45) is 1.82. The van der Waals surface area contributed by atoms with Gasteiger partial charge in [0, 0.05) is 49.5 Å². The van der Waals surface area contributed by atoms with Crippen LogP contribution in [-0.2, 0) is 16.2 Å². The lowest BCUT2D eigenvalue weighted by molar-refractivity contribution is 0.339. The quantitative estimate of drug-likeness (QED) is 0.148. The first-order valence-corrected chi connectivity index (χ1v) is 24.3. The molecule has 69 heavy (non-hydrogen) atoms. The van der Waals surface area contributed by atoms with E-state index in [0.29, 0.717) is 39.6 Å². The van der Waals surface area contributed by atoms with Crippen molar-refractivity contribution in [1.29, 1.82) is 0 Å². The molecule has 0 saturated heterocycles. The minimum absolute atomic E-state index is 0.0161. The van der Waals surface area contributed by atoms with Crippen molar-refractivity contribution in [1.82, 2.24) is 0 Å². The van der Waals surface area contributed by atoms with Crippen molar-refractivity contribution >= 4 is 84.9 Å². The molecule has 0 saturated carbocycles. The zero-order valence-corrected chi connectivity index (χ0v) is 40.5. The van der Waals surface area contributed by atoms with E-state index < -0.39 is 97.3 Å². The van der Waals surface area contributed by atoms with E-state index in [1.54, 1.807) is 40.5 Å². The molecule has 3 aliphatic rings. The van der Waals surface area contributed by atoms with Gasteiger partial charge in [0.15, 0.2) is 0 Å². The zero-order valence-electron chi connectivity index (χ0n) is 54.6. The third-order valence-electron chi connectivity index (χ3n) is 14.2. The van der Waals surface area contributed by atoms with Crippen LogP contribution in [-0.4, -0.2) is 6.71 Å². The summed E-state index contributed by atoms with van der Waals surface area (Å²) in [5.41, 5.74) is 8.75. The van der Waals surface area contributed by atoms with E-state index in [2.05, 4.69) is 77.6 Å². The molecule has 0 spiro atoms. The summed E-state index contributed by atoms with van der Waals surface area (Å²) in [4.78, 5) is 7.26. The predicted molar refractivity (Wildman–Crippen MR) is 298 cm³/mol. The monoisotopic (exact) mass is 927 g/mol. The van der Waals surface area contributed by atoms with Crippen LogP contribution in [0.5, 0.6) is 0 Å². The molecule has 9 aromatic rings. The van der Waals surface area contributed by atoms with Crippen molar-refractivity contribution in [3.8, 4) is 22.3 Å². The second-order valence-corrected chi connectivity index (χ2v) is 21.6. The van der Waals surface area contributed by atoms with Crippen LogP contribution < -0.4 is 30.4 Å². The average molecular weight is 927 g/mol. The Labute approximate surface area is 434 Å². The lowest BCUT2D eigenvalue weighted by atomic mass is 9.36. The number of thiophene rings is 1. The SMILES string of the molecule is [2H]c1c([2H])c([2H])c(-c2cccc(N3c4cc(-c5c([2H])c([2H])c([2H])c([2H])c5[2H])ccc4B4c5sc6c(c5N(c5ccc(C(C)(C)C)cc5)c5cc(N(c7ccccc7)c7c([2H])c([2H])c([2H])c([2H])c7[2H])cc3c54)C(C)(C)CCC6(C)C)c2)c([2H])c1[2H]. The van der Waals surface area contributed by atoms with Crippen molar-refractivity contribution in [2.75, 3.05) is 14.7 Å². The van der Waals surface area contributed by atoms with Gasteiger partial charge in [-0.3, -0.25) is 0 Å². The molecule has 3 nitrogen and oxygen atoms in total. The molecule has 0 radical (unpaired) electrons. The van der Waals surface area contributed by atoms with Gasteiger partial charge in [0.2, 0.25) is 0 Å². The van der Waals surface area contributed by atoms with Gasteiger partial charge < -0.3 is 14.7 Å². The minimum Gasteiger partial charge on any atom is -0.311 e. The zero-order chi connectivity index (χ0) is 60.3. The third-order valence-corrected chi connectivity index (χ3v) is 15.8. The molecule has 0 N–H and O–H groups in total. The topological polar surface area (TPSA) is 9.72 Å². The average Bonchev–Trinajstić information content (AvgIpc) is 1.34. The third kappa shape index (κ3) is 7.24. The molecule has 8 aromatic carbocycles. The number of hydrogen-bond donors (Lipinski definition) is 0. The van der Waals surface area contributed by atoms with Crippen molar-refractivity contribution in [3.63, 3.8) is 0 Å². The largest absolute Gasteiger partial charge is 0.311 e. The molecule has 1 aromatic heterocycles. The van der Waals surface area contributed by atoms with E-state index in [9.17, 15) is 5.48 Å². The van der Waals surface area contributed by atoms with E-state index in [4.69, 9.17) is 15.1 Å². The van der Waals surface area contributed by atoms with Crippen LogP contribution in [0.25, 0.3) is 22.3 Å². The fourth-order valence-electron chi connectivity index (χ4n) is 10.6. The molecular weight excluding hydrogens is 854 g/mol. The van der Waals surface area contributed by atoms with Gasteiger partial charge in [-0.05, 0) is 140 Å². The van der Waals surface area contributed by atoms with Crippen molar-refractivity contribution in [2.24, 2.45) is 0 Å². The Balaban J connectivity index is 1.28. The lowest BCUT2D eigenvalue weighted by Crippen LogP contribution is -2.60. The van der Waals surface area contributed by atoms with Gasteiger partial charge in [0.25, 0.3) is 6.71 Å². The van der Waals surface area contributed by atoms with Gasteiger partial charge in [-0.25, -0.2) is 0 Å². The van der Waals surface area contributed by atoms with Crippen LogP contribution in [0.2, 0.25) is 0 Å². The van der Waals surface area contributed by atoms with Crippen LogP contribution in [0, 0.1) is 0 Å². The number of benzene rings is 8. The summed E-state index contributed by atoms with van der Waals surface area (Å²) in [5.74, 6) is 0. The number of rotatable bonds is 7. The van der Waals surface area contributed by atoms with Gasteiger partial charge >= 0.3 is 0 Å². The van der Waals surface area contributed by atoms with Crippen LogP contribution in [0.1, 0.15) is 97.9 Å². The van der Waals surface area contributed by atoms with Crippen molar-refractivity contribution in [2.45, 2.75) is 77.6 Å². The Morgan fingerprint density at radius 2 is 1.14 bits per heavy atom. The Bertz CT molecular complexity index is 4200. The van der Waals surface area contributed by atoms with Crippen LogP contribution in [0.15, 0.2) is 200 Å². The number of hydrogen-bond acceptors (Lipinski definition) is 4. The van der Waals surface area contributed by atoms with Crippen LogP contribution in [0.3, 0.4) is 0 Å². The Morgan fingerprint density at radius 3 is 1.80 bits per heavy atom. The Morgan fingerprint density at radius 1 is 0.536 bits per heavy atom. The molecule has 0 atom stereocenters. The normalized spacial score (nSPS) is 18.2. The molecule has 338 valence electrons. The number of nitrogens with zero attached hydrogens (tertiary/aromatic N) is 3. The molecule has 5 heteroatoms. The molecule has 12 rings (SSSR count). The molecule has 2 aliphatic heterocycles. The molecule has 3 heterocycles. The maximum Gasteiger partial charge on any atom is 0.264 e. The first-order chi connectivity index (χ1) is 39.6. The summed E-state index contributed by atoms with van der Waals surface area (Å²) in [5, 5.41) is 0. The van der Waals surface area contributed by atoms with Crippen molar-refractivity contribution in [3.05, 3.63) is 216 Å². The van der Waals surface area contributed by atoms with Gasteiger partial charge in [-0.2, -0.15) is 11.3 Å². The van der Waals surface area contributed by atoms with Gasteiger partial charge in [0.1, 0.15) is 0 Å². The molecule has 0 fully saturated rings. The fraction of sp³-hybridized carbons (Fsp3) is 0.188. The maximum atomic E-state index is 9.57. The summed E-state index contributed by atoms with van der Waals surface area (Å²) in [7, 11) is 0. The fourth-order valence-corrected chi connectivity index (χ4v) is 12.4. The minimum atomic E-state index is -0.549. The summed E-state index contributed by atoms with van der Waals surface area (Å²) >= 11 is 1.78. The number of fused-ring (bicyclic) bond motifs is 6. The van der Waals surface area contributed by atoms with E-state index in [1.165, 1.54) is 10.4 Å². The first-order valence-electron chi connectivity index (χ1n) is 30.9. The molecular formula is C64H58BN3S. The first kappa shape index (κ1) is 29.7. The summed E-state index contributed by atoms with van der Waals surface area (Å²) < 4.78 is 136. The van der Waals surface area contributed by atoms with Gasteiger partial charge in [-0.15, -0.1) is 0 Å². The van der Waals surface area contributed by atoms with Gasteiger partial charge in [-0.1, -0.05) is 182 Å². The van der Waals surface area contributed by atoms with Gasteiger partial charge in [0.05, 0.1) is 31.9 Å². The number of para-hydroxylation sites is 2. The van der Waals surface area contributed by atoms with E-state index in [0.717, 1.165) is 51.2 Å². The highest BCUT2D eigenvalue weighted by atomic mass is 32.1. The van der Waals surface area contributed by atoms with Crippen LogP contribution >= 0.6 is 11.3 Å². The highest BCUT2D eigenvalue weighted by Gasteiger charge is 2.51. The standard InChI is InChI=1S/C64H58BN3S/c1-62(2,3)47-32-34-50(35-33-47)68-56-42-52(66(48-26-16-10-17-27-48)49-28-18-11-19-29-49)41-55-58(56)65(61-59(68)57-60(69-61)64(6,7)38-37-63(57,4)5)53-36-31-46(44-23-14-9-15-24-44)40-54(53)67(55)51-30-20-25-45(39-51)43-21-12-8-13-22-43/h8-36,39-42H,37-38H2,1-7H3/i8D,9D,10D,12D,13D,14D,15D,16D,17D,21D,22D,23D,24D,26D,27D. The van der Waals surface area contributed by atoms with E-state index >= 15 is 0 Å². The van der Waals surface area contributed by atoms with E-state index in [1.807, 2.05) is 65.6 Å². The number of anilines is 9. The summed E-state index contributed by atoms with van der Waals surface area (Å²) in [6, 6.07) is 27.2. The smallest absolute Gasteiger partial charge is 0.264 e. The predicted octanol–water partition coefficient (Wildman–Crippen LogP) is 16.3. The Kier molecular flexibility index (Phi) is 7.02. The molecule has 1 aliphatic carbocycles. The highest BCUT2D eigenvalue weighted by molar-refractivity contribution is 7.29. The molecule has 0 unspecified atom stereocenters. The maximum absolute atomic E-state index is 9.57. The molecule has 0 amide bonds. The highest BCUT2D eigenvalue weighted by Crippen LogP contribution is 2.57.